The summed E-state index contributed by atoms with van der Waals surface area (Å²) in [6, 6.07) is 10.9. The highest BCUT2D eigenvalue weighted by molar-refractivity contribution is 6.35. The van der Waals surface area contributed by atoms with E-state index in [9.17, 15) is 9.59 Å². The number of benzene rings is 2. The summed E-state index contributed by atoms with van der Waals surface area (Å²) in [7, 11) is 1.72. The van der Waals surface area contributed by atoms with Crippen molar-refractivity contribution >= 4 is 40.7 Å². The van der Waals surface area contributed by atoms with Gasteiger partial charge in [0, 0.05) is 22.3 Å². The standard InChI is InChI=1S/C20H23Cl2N3O2/c1-13-5-4-6-18(14(13)2)24-20(27)12-25(3)11-19(26)23-10-15-7-8-16(21)9-17(15)22/h4-9H,10-12H2,1-3H3,(H,23,26)(H,24,27). The van der Waals surface area contributed by atoms with Gasteiger partial charge in [-0.15, -0.1) is 0 Å². The van der Waals surface area contributed by atoms with Crippen LogP contribution in [0.1, 0.15) is 16.7 Å². The third-order valence-electron chi connectivity index (χ3n) is 4.20. The summed E-state index contributed by atoms with van der Waals surface area (Å²) in [4.78, 5) is 26.0. The van der Waals surface area contributed by atoms with Crippen LogP contribution in [0.4, 0.5) is 5.69 Å². The van der Waals surface area contributed by atoms with E-state index < -0.39 is 0 Å². The Labute approximate surface area is 169 Å². The van der Waals surface area contributed by atoms with Crippen LogP contribution in [-0.4, -0.2) is 36.9 Å². The van der Waals surface area contributed by atoms with Crippen molar-refractivity contribution in [3.8, 4) is 0 Å². The second-order valence-corrected chi connectivity index (χ2v) is 7.32. The molecule has 0 saturated heterocycles. The van der Waals surface area contributed by atoms with Gasteiger partial charge < -0.3 is 10.6 Å². The molecule has 0 aliphatic rings. The molecule has 5 nitrogen and oxygen atoms in total. The fourth-order valence-corrected chi connectivity index (χ4v) is 3.01. The topological polar surface area (TPSA) is 61.4 Å². The van der Waals surface area contributed by atoms with Gasteiger partial charge in [0.2, 0.25) is 11.8 Å². The number of hydrogen-bond acceptors (Lipinski definition) is 3. The Kier molecular flexibility index (Phi) is 7.66. The summed E-state index contributed by atoms with van der Waals surface area (Å²) in [5.74, 6) is -0.359. The molecule has 0 spiro atoms. The molecule has 2 aromatic rings. The Morgan fingerprint density at radius 3 is 2.44 bits per heavy atom. The minimum atomic E-state index is -0.192. The smallest absolute Gasteiger partial charge is 0.238 e. The number of amides is 2. The fourth-order valence-electron chi connectivity index (χ4n) is 2.54. The zero-order chi connectivity index (χ0) is 20.0. The van der Waals surface area contributed by atoms with Gasteiger partial charge in [0.05, 0.1) is 13.1 Å². The Hall–Kier alpha value is -2.08. The van der Waals surface area contributed by atoms with E-state index in [4.69, 9.17) is 23.2 Å². The maximum absolute atomic E-state index is 12.2. The number of likely N-dealkylation sites (N-methyl/N-ethyl adjacent to an activating group) is 1. The van der Waals surface area contributed by atoms with Gasteiger partial charge in [-0.05, 0) is 55.8 Å². The zero-order valence-corrected chi connectivity index (χ0v) is 17.1. The van der Waals surface area contributed by atoms with Crippen LogP contribution >= 0.6 is 23.2 Å². The molecule has 0 unspecified atom stereocenters. The van der Waals surface area contributed by atoms with E-state index in [-0.39, 0.29) is 24.9 Å². The first kappa shape index (κ1) is 21.2. The van der Waals surface area contributed by atoms with Crippen molar-refractivity contribution in [3.63, 3.8) is 0 Å². The van der Waals surface area contributed by atoms with Crippen molar-refractivity contribution in [2.24, 2.45) is 0 Å². The van der Waals surface area contributed by atoms with Gasteiger partial charge in [0.15, 0.2) is 0 Å². The van der Waals surface area contributed by atoms with Crippen LogP contribution in [0.25, 0.3) is 0 Å². The van der Waals surface area contributed by atoms with Crippen molar-refractivity contribution in [2.45, 2.75) is 20.4 Å². The number of aryl methyl sites for hydroxylation is 1. The van der Waals surface area contributed by atoms with Gasteiger partial charge >= 0.3 is 0 Å². The SMILES string of the molecule is Cc1cccc(NC(=O)CN(C)CC(=O)NCc2ccc(Cl)cc2Cl)c1C. The molecule has 2 aromatic carbocycles. The maximum Gasteiger partial charge on any atom is 0.238 e. The number of rotatable bonds is 7. The van der Waals surface area contributed by atoms with E-state index in [1.807, 2.05) is 32.0 Å². The van der Waals surface area contributed by atoms with Crippen LogP contribution < -0.4 is 10.6 Å². The number of nitrogens with zero attached hydrogens (tertiary/aromatic N) is 1. The lowest BCUT2D eigenvalue weighted by Gasteiger charge is -2.17. The lowest BCUT2D eigenvalue weighted by molar-refractivity contribution is -0.123. The highest BCUT2D eigenvalue weighted by Crippen LogP contribution is 2.20. The Morgan fingerprint density at radius 1 is 1.04 bits per heavy atom. The van der Waals surface area contributed by atoms with Crippen LogP contribution in [-0.2, 0) is 16.1 Å². The van der Waals surface area contributed by atoms with Crippen LogP contribution in [0.15, 0.2) is 36.4 Å². The van der Waals surface area contributed by atoms with Gasteiger partial charge in [0.25, 0.3) is 0 Å². The molecule has 2 N–H and O–H groups in total. The summed E-state index contributed by atoms with van der Waals surface area (Å²) in [6.45, 7) is 4.48. The number of halogens is 2. The lowest BCUT2D eigenvalue weighted by atomic mass is 10.1. The molecular formula is C20H23Cl2N3O2. The first-order chi connectivity index (χ1) is 12.8. The maximum atomic E-state index is 12.2. The van der Waals surface area contributed by atoms with E-state index in [2.05, 4.69) is 10.6 Å². The first-order valence-electron chi connectivity index (χ1n) is 8.51. The van der Waals surface area contributed by atoms with Crippen molar-refractivity contribution in [3.05, 3.63) is 63.1 Å². The Balaban J connectivity index is 1.80. The third-order valence-corrected chi connectivity index (χ3v) is 4.78. The average molecular weight is 408 g/mol. The second kappa shape index (κ2) is 9.74. The van der Waals surface area contributed by atoms with E-state index in [0.717, 1.165) is 22.4 Å². The van der Waals surface area contributed by atoms with Gasteiger partial charge in [0.1, 0.15) is 0 Å². The van der Waals surface area contributed by atoms with Crippen LogP contribution in [0, 0.1) is 13.8 Å². The highest BCUT2D eigenvalue weighted by atomic mass is 35.5. The molecule has 0 aliphatic heterocycles. The second-order valence-electron chi connectivity index (χ2n) is 6.48. The van der Waals surface area contributed by atoms with E-state index in [0.29, 0.717) is 16.6 Å². The van der Waals surface area contributed by atoms with Crippen molar-refractivity contribution in [2.75, 3.05) is 25.5 Å². The monoisotopic (exact) mass is 407 g/mol. The molecule has 0 bridgehead atoms. The van der Waals surface area contributed by atoms with Crippen molar-refractivity contribution in [1.29, 1.82) is 0 Å². The minimum absolute atomic E-state index is 0.103. The molecule has 0 aliphatic carbocycles. The summed E-state index contributed by atoms with van der Waals surface area (Å²) < 4.78 is 0. The molecule has 0 fully saturated rings. The minimum Gasteiger partial charge on any atom is -0.351 e. The molecule has 27 heavy (non-hydrogen) atoms. The summed E-state index contributed by atoms with van der Waals surface area (Å²) in [5.41, 5.74) is 3.72. The molecular weight excluding hydrogens is 385 g/mol. The van der Waals surface area contributed by atoms with Crippen LogP contribution in [0.5, 0.6) is 0 Å². The lowest BCUT2D eigenvalue weighted by Crippen LogP contribution is -2.38. The van der Waals surface area contributed by atoms with Gasteiger partial charge in [-0.1, -0.05) is 41.4 Å². The molecule has 144 valence electrons. The van der Waals surface area contributed by atoms with Crippen molar-refractivity contribution in [1.82, 2.24) is 10.2 Å². The van der Waals surface area contributed by atoms with E-state index in [1.165, 1.54) is 0 Å². The quantitative estimate of drug-likeness (QED) is 0.733. The van der Waals surface area contributed by atoms with Crippen LogP contribution in [0.2, 0.25) is 10.0 Å². The van der Waals surface area contributed by atoms with Crippen molar-refractivity contribution < 1.29 is 9.59 Å². The van der Waals surface area contributed by atoms with Gasteiger partial charge in [-0.3, -0.25) is 14.5 Å². The number of nitrogens with one attached hydrogen (secondary N) is 2. The summed E-state index contributed by atoms with van der Waals surface area (Å²) >= 11 is 11.9. The number of anilines is 1. The molecule has 0 aromatic heterocycles. The van der Waals surface area contributed by atoms with Crippen LogP contribution in [0.3, 0.4) is 0 Å². The number of carbonyl (C=O) groups is 2. The molecule has 0 atom stereocenters. The molecule has 0 radical (unpaired) electrons. The highest BCUT2D eigenvalue weighted by Gasteiger charge is 2.12. The molecule has 7 heteroatoms. The summed E-state index contributed by atoms with van der Waals surface area (Å²) in [5, 5.41) is 6.72. The Morgan fingerprint density at radius 2 is 1.74 bits per heavy atom. The molecule has 0 saturated carbocycles. The van der Waals surface area contributed by atoms with E-state index in [1.54, 1.807) is 30.1 Å². The normalized spacial score (nSPS) is 10.7. The predicted molar refractivity (Wildman–Crippen MR) is 110 cm³/mol. The molecule has 2 amide bonds. The third kappa shape index (κ3) is 6.54. The van der Waals surface area contributed by atoms with Gasteiger partial charge in [-0.25, -0.2) is 0 Å². The Bertz CT molecular complexity index is 840. The average Bonchev–Trinajstić information content (AvgIpc) is 2.58. The summed E-state index contributed by atoms with van der Waals surface area (Å²) in [6.07, 6.45) is 0. The first-order valence-corrected chi connectivity index (χ1v) is 9.27. The molecule has 2 rings (SSSR count). The zero-order valence-electron chi connectivity index (χ0n) is 15.6. The number of carbonyl (C=O) groups excluding carboxylic acids is 2. The largest absolute Gasteiger partial charge is 0.351 e. The van der Waals surface area contributed by atoms with E-state index >= 15 is 0 Å². The molecule has 0 heterocycles. The fraction of sp³-hybridized carbons (Fsp3) is 0.300. The predicted octanol–water partition coefficient (Wildman–Crippen LogP) is 3.80. The van der Waals surface area contributed by atoms with Gasteiger partial charge in [-0.2, -0.15) is 0 Å². The number of hydrogen-bond donors (Lipinski definition) is 2.